The molecule has 0 saturated carbocycles. The quantitative estimate of drug-likeness (QED) is 0.882. The van der Waals surface area contributed by atoms with Crippen molar-refractivity contribution in [1.29, 1.82) is 0 Å². The third-order valence-corrected chi connectivity index (χ3v) is 3.68. The molecular formula is C13H17N5OS. The van der Waals surface area contributed by atoms with E-state index in [2.05, 4.69) is 25.6 Å². The molecule has 1 atom stereocenters. The standard InChI is InChI=1S/C13H17N5OS/c1-4-15-11-7-14-6-10(18-11)12(19)17-9(3)13-16-5-8(2)20-13/h5-7,9H,4H2,1-3H3,(H,15,18)(H,17,19). The van der Waals surface area contributed by atoms with Crippen LogP contribution in [-0.2, 0) is 0 Å². The number of carbonyl (C=O) groups is 1. The molecule has 7 heteroatoms. The second kappa shape index (κ2) is 6.42. The van der Waals surface area contributed by atoms with Crippen LogP contribution in [0.5, 0.6) is 0 Å². The number of nitrogens with zero attached hydrogens (tertiary/aromatic N) is 3. The van der Waals surface area contributed by atoms with Gasteiger partial charge in [0, 0.05) is 17.6 Å². The summed E-state index contributed by atoms with van der Waals surface area (Å²) in [6.45, 7) is 6.58. The molecule has 0 fully saturated rings. The molecule has 2 aromatic rings. The van der Waals surface area contributed by atoms with Crippen molar-refractivity contribution in [1.82, 2.24) is 20.3 Å². The molecule has 6 nitrogen and oxygen atoms in total. The van der Waals surface area contributed by atoms with E-state index in [1.807, 2.05) is 20.8 Å². The molecular weight excluding hydrogens is 274 g/mol. The van der Waals surface area contributed by atoms with Gasteiger partial charge < -0.3 is 10.6 Å². The maximum Gasteiger partial charge on any atom is 0.272 e. The Bertz CT molecular complexity index is 598. The summed E-state index contributed by atoms with van der Waals surface area (Å²) < 4.78 is 0. The molecule has 0 spiro atoms. The zero-order valence-electron chi connectivity index (χ0n) is 11.7. The second-order valence-electron chi connectivity index (χ2n) is 4.32. The fourth-order valence-corrected chi connectivity index (χ4v) is 2.42. The largest absolute Gasteiger partial charge is 0.369 e. The number of aryl methyl sites for hydroxylation is 1. The summed E-state index contributed by atoms with van der Waals surface area (Å²) in [6.07, 6.45) is 4.85. The lowest BCUT2D eigenvalue weighted by molar-refractivity contribution is 0.0934. The normalized spacial score (nSPS) is 11.9. The number of carbonyl (C=O) groups excluding carboxylic acids is 1. The number of thiazole rings is 1. The van der Waals surface area contributed by atoms with Crippen molar-refractivity contribution in [3.8, 4) is 0 Å². The van der Waals surface area contributed by atoms with Crippen molar-refractivity contribution in [2.24, 2.45) is 0 Å². The molecule has 2 rings (SSSR count). The van der Waals surface area contributed by atoms with Gasteiger partial charge in [0.05, 0.1) is 18.4 Å². The average Bonchev–Trinajstić information content (AvgIpc) is 2.86. The topological polar surface area (TPSA) is 79.8 Å². The van der Waals surface area contributed by atoms with Crippen molar-refractivity contribution in [3.63, 3.8) is 0 Å². The van der Waals surface area contributed by atoms with E-state index >= 15 is 0 Å². The van der Waals surface area contributed by atoms with Gasteiger partial charge in [0.15, 0.2) is 0 Å². The zero-order chi connectivity index (χ0) is 14.5. The summed E-state index contributed by atoms with van der Waals surface area (Å²) >= 11 is 1.57. The number of anilines is 1. The maximum absolute atomic E-state index is 12.1. The van der Waals surface area contributed by atoms with Crippen LogP contribution < -0.4 is 10.6 Å². The second-order valence-corrected chi connectivity index (χ2v) is 5.59. The van der Waals surface area contributed by atoms with Gasteiger partial charge in [0.25, 0.3) is 5.91 Å². The Morgan fingerprint density at radius 2 is 2.20 bits per heavy atom. The van der Waals surface area contributed by atoms with Crippen molar-refractivity contribution in [2.75, 3.05) is 11.9 Å². The maximum atomic E-state index is 12.1. The highest BCUT2D eigenvalue weighted by Crippen LogP contribution is 2.19. The van der Waals surface area contributed by atoms with Crippen LogP contribution in [0, 0.1) is 6.92 Å². The third-order valence-electron chi connectivity index (χ3n) is 2.58. The summed E-state index contributed by atoms with van der Waals surface area (Å²) in [6, 6.07) is -0.147. The Balaban J connectivity index is 2.06. The molecule has 2 aromatic heterocycles. The van der Waals surface area contributed by atoms with Gasteiger partial charge in [0.1, 0.15) is 16.5 Å². The van der Waals surface area contributed by atoms with Crippen LogP contribution in [-0.4, -0.2) is 27.4 Å². The lowest BCUT2D eigenvalue weighted by atomic mass is 10.3. The summed E-state index contributed by atoms with van der Waals surface area (Å²) in [5.41, 5.74) is 0.295. The van der Waals surface area contributed by atoms with Gasteiger partial charge in [0.2, 0.25) is 0 Å². The molecule has 0 saturated heterocycles. The van der Waals surface area contributed by atoms with Gasteiger partial charge in [-0.25, -0.2) is 9.97 Å². The predicted octanol–water partition coefficient (Wildman–Crippen LogP) is 2.16. The molecule has 20 heavy (non-hydrogen) atoms. The van der Waals surface area contributed by atoms with Crippen LogP contribution >= 0.6 is 11.3 Å². The van der Waals surface area contributed by atoms with Gasteiger partial charge in [-0.05, 0) is 20.8 Å². The number of nitrogens with one attached hydrogen (secondary N) is 2. The molecule has 0 aromatic carbocycles. The molecule has 2 N–H and O–H groups in total. The Morgan fingerprint density at radius 3 is 2.85 bits per heavy atom. The highest BCUT2D eigenvalue weighted by molar-refractivity contribution is 7.11. The minimum Gasteiger partial charge on any atom is -0.369 e. The van der Waals surface area contributed by atoms with Crippen LogP contribution in [0.15, 0.2) is 18.6 Å². The van der Waals surface area contributed by atoms with E-state index < -0.39 is 0 Å². The Labute approximate surface area is 121 Å². The van der Waals surface area contributed by atoms with E-state index in [0.29, 0.717) is 11.5 Å². The van der Waals surface area contributed by atoms with Crippen LogP contribution in [0.2, 0.25) is 0 Å². The Kier molecular flexibility index (Phi) is 4.62. The minimum absolute atomic E-state index is 0.147. The van der Waals surface area contributed by atoms with Crippen LogP contribution in [0.4, 0.5) is 5.82 Å². The van der Waals surface area contributed by atoms with E-state index in [1.54, 1.807) is 23.7 Å². The van der Waals surface area contributed by atoms with Crippen molar-refractivity contribution < 1.29 is 4.79 Å². The molecule has 0 aliphatic carbocycles. The third kappa shape index (κ3) is 3.51. The summed E-state index contributed by atoms with van der Waals surface area (Å²) in [5.74, 6) is 0.343. The number of amides is 1. The van der Waals surface area contributed by atoms with Crippen LogP contribution in [0.3, 0.4) is 0 Å². The number of hydrogen-bond acceptors (Lipinski definition) is 6. The zero-order valence-corrected chi connectivity index (χ0v) is 12.5. The summed E-state index contributed by atoms with van der Waals surface area (Å²) in [7, 11) is 0. The monoisotopic (exact) mass is 291 g/mol. The molecule has 0 bridgehead atoms. The first-order valence-corrected chi connectivity index (χ1v) is 7.21. The Morgan fingerprint density at radius 1 is 1.40 bits per heavy atom. The fourth-order valence-electron chi connectivity index (χ4n) is 1.65. The van der Waals surface area contributed by atoms with Crippen LogP contribution in [0.25, 0.3) is 0 Å². The van der Waals surface area contributed by atoms with E-state index in [1.165, 1.54) is 6.20 Å². The van der Waals surface area contributed by atoms with E-state index in [4.69, 9.17) is 0 Å². The first-order chi connectivity index (χ1) is 9.60. The predicted molar refractivity (Wildman–Crippen MR) is 78.9 cm³/mol. The molecule has 0 aliphatic rings. The van der Waals surface area contributed by atoms with Crippen molar-refractivity contribution in [2.45, 2.75) is 26.8 Å². The molecule has 106 valence electrons. The number of hydrogen-bond donors (Lipinski definition) is 2. The lowest BCUT2D eigenvalue weighted by Crippen LogP contribution is -2.27. The lowest BCUT2D eigenvalue weighted by Gasteiger charge is -2.11. The van der Waals surface area contributed by atoms with Crippen molar-refractivity contribution >= 4 is 23.1 Å². The molecule has 2 heterocycles. The van der Waals surface area contributed by atoms with Gasteiger partial charge in [-0.1, -0.05) is 0 Å². The SMILES string of the molecule is CCNc1cncc(C(=O)NC(C)c2ncc(C)s2)n1. The van der Waals surface area contributed by atoms with Gasteiger partial charge in [-0.15, -0.1) is 11.3 Å². The molecule has 0 aliphatic heterocycles. The molecule has 1 amide bonds. The number of rotatable bonds is 5. The summed E-state index contributed by atoms with van der Waals surface area (Å²) in [5, 5.41) is 6.78. The highest BCUT2D eigenvalue weighted by Gasteiger charge is 2.15. The minimum atomic E-state index is -0.252. The smallest absolute Gasteiger partial charge is 0.272 e. The first kappa shape index (κ1) is 14.4. The molecule has 1 unspecified atom stereocenters. The average molecular weight is 291 g/mol. The van der Waals surface area contributed by atoms with E-state index in [9.17, 15) is 4.79 Å². The van der Waals surface area contributed by atoms with Crippen LogP contribution in [0.1, 0.15) is 40.3 Å². The van der Waals surface area contributed by atoms with Crippen molar-refractivity contribution in [3.05, 3.63) is 34.2 Å². The number of aromatic nitrogens is 3. The van der Waals surface area contributed by atoms with Gasteiger partial charge >= 0.3 is 0 Å². The Hall–Kier alpha value is -2.02. The van der Waals surface area contributed by atoms with Gasteiger partial charge in [-0.2, -0.15) is 0 Å². The highest BCUT2D eigenvalue weighted by atomic mass is 32.1. The molecule has 0 radical (unpaired) electrons. The van der Waals surface area contributed by atoms with E-state index in [0.717, 1.165) is 16.4 Å². The van der Waals surface area contributed by atoms with E-state index in [-0.39, 0.29) is 11.9 Å². The fraction of sp³-hybridized carbons (Fsp3) is 0.385. The first-order valence-electron chi connectivity index (χ1n) is 6.39. The van der Waals surface area contributed by atoms with Gasteiger partial charge in [-0.3, -0.25) is 9.78 Å². The summed E-state index contributed by atoms with van der Waals surface area (Å²) in [4.78, 5) is 25.7.